The van der Waals surface area contributed by atoms with E-state index in [0.717, 1.165) is 32.5 Å². The van der Waals surface area contributed by atoms with E-state index in [2.05, 4.69) is 20.3 Å². The summed E-state index contributed by atoms with van der Waals surface area (Å²) < 4.78 is 27.0. The number of sulfone groups is 1. The molecule has 0 unspecified atom stereocenters. The van der Waals surface area contributed by atoms with Crippen molar-refractivity contribution in [1.82, 2.24) is 15.0 Å². The molecule has 0 atom stereocenters. The number of hydrogen-bond acceptors (Lipinski definition) is 7. The Morgan fingerprint density at radius 2 is 1.87 bits per heavy atom. The first-order chi connectivity index (χ1) is 15.1. The standard InChI is InChI=1S/C23H14N4O2S2/c28-31(29)12-18(14-2-1-6-24-11-14)16-9-20-17(10-23(16)31)19(5-7-25-20)27-15-3-4-22-21(8-15)26-13-30-22/h1-13H,(H,25,27). The van der Waals surface area contributed by atoms with Crippen molar-refractivity contribution in [3.05, 3.63) is 89.2 Å². The molecule has 150 valence electrons. The van der Waals surface area contributed by atoms with Crippen molar-refractivity contribution in [2.24, 2.45) is 0 Å². The molecule has 0 saturated carbocycles. The molecule has 0 spiro atoms. The minimum absolute atomic E-state index is 0.282. The SMILES string of the molecule is O=S1(=O)C=C(c2cccnc2)c2cc3nccc(Nc4ccc5scnc5c4)c3cc21. The quantitative estimate of drug-likeness (QED) is 0.415. The molecule has 31 heavy (non-hydrogen) atoms. The number of fused-ring (bicyclic) bond motifs is 3. The molecule has 5 aromatic rings. The first kappa shape index (κ1) is 18.2. The van der Waals surface area contributed by atoms with Gasteiger partial charge in [-0.1, -0.05) is 6.07 Å². The van der Waals surface area contributed by atoms with Crippen LogP contribution in [0.15, 0.2) is 82.9 Å². The summed E-state index contributed by atoms with van der Waals surface area (Å²) in [4.78, 5) is 13.3. The monoisotopic (exact) mass is 442 g/mol. The Labute approximate surface area is 181 Å². The number of nitrogens with zero attached hydrogens (tertiary/aromatic N) is 3. The Morgan fingerprint density at radius 3 is 2.74 bits per heavy atom. The zero-order chi connectivity index (χ0) is 21.0. The summed E-state index contributed by atoms with van der Waals surface area (Å²) in [5.74, 6) is 0. The summed E-state index contributed by atoms with van der Waals surface area (Å²) in [6.45, 7) is 0. The number of hydrogen-bond donors (Lipinski definition) is 1. The molecule has 1 aliphatic rings. The summed E-state index contributed by atoms with van der Waals surface area (Å²) in [6, 6.07) is 15.0. The van der Waals surface area contributed by atoms with Crippen molar-refractivity contribution in [1.29, 1.82) is 0 Å². The lowest BCUT2D eigenvalue weighted by atomic mass is 9.99. The molecule has 1 N–H and O–H groups in total. The van der Waals surface area contributed by atoms with E-state index in [1.807, 2.05) is 41.9 Å². The first-order valence-corrected chi connectivity index (χ1v) is 11.9. The predicted octanol–water partition coefficient (Wildman–Crippen LogP) is 5.16. The van der Waals surface area contributed by atoms with Crippen LogP contribution in [0.3, 0.4) is 0 Å². The van der Waals surface area contributed by atoms with Crippen molar-refractivity contribution >= 4 is 59.2 Å². The fraction of sp³-hybridized carbons (Fsp3) is 0. The van der Waals surface area contributed by atoms with Crippen molar-refractivity contribution in [2.75, 3.05) is 5.32 Å². The van der Waals surface area contributed by atoms with E-state index in [-0.39, 0.29) is 4.90 Å². The van der Waals surface area contributed by atoms with Crippen LogP contribution in [-0.4, -0.2) is 23.4 Å². The molecule has 0 radical (unpaired) electrons. The third-order valence-corrected chi connectivity index (χ3v) is 7.60. The maximum Gasteiger partial charge on any atom is 0.201 e. The van der Waals surface area contributed by atoms with E-state index >= 15 is 0 Å². The summed E-state index contributed by atoms with van der Waals surface area (Å²) in [5, 5.41) is 5.45. The minimum Gasteiger partial charge on any atom is -0.355 e. The molecular formula is C23H14N4O2S2. The maximum atomic E-state index is 12.9. The summed E-state index contributed by atoms with van der Waals surface area (Å²) in [7, 11) is -3.56. The van der Waals surface area contributed by atoms with Gasteiger partial charge in [0.15, 0.2) is 0 Å². The molecular weight excluding hydrogens is 428 g/mol. The Balaban J connectivity index is 1.50. The van der Waals surface area contributed by atoms with Gasteiger partial charge in [-0.25, -0.2) is 13.4 Å². The van der Waals surface area contributed by atoms with Gasteiger partial charge in [0.1, 0.15) is 0 Å². The summed E-state index contributed by atoms with van der Waals surface area (Å²) in [6.07, 6.45) is 5.05. The van der Waals surface area contributed by atoms with E-state index in [9.17, 15) is 8.42 Å². The lowest BCUT2D eigenvalue weighted by Crippen LogP contribution is -1.97. The molecule has 1 aliphatic heterocycles. The number of pyridine rings is 2. The lowest BCUT2D eigenvalue weighted by molar-refractivity contribution is 0.605. The van der Waals surface area contributed by atoms with Crippen LogP contribution in [-0.2, 0) is 9.84 Å². The molecule has 6 nitrogen and oxygen atoms in total. The fourth-order valence-corrected chi connectivity index (χ4v) is 5.96. The second-order valence-corrected chi connectivity index (χ2v) is 9.85. The molecule has 2 aromatic carbocycles. The van der Waals surface area contributed by atoms with Gasteiger partial charge in [0.05, 0.1) is 26.1 Å². The zero-order valence-corrected chi connectivity index (χ0v) is 17.6. The van der Waals surface area contributed by atoms with Crippen LogP contribution in [0.2, 0.25) is 0 Å². The average molecular weight is 443 g/mol. The van der Waals surface area contributed by atoms with E-state index < -0.39 is 9.84 Å². The van der Waals surface area contributed by atoms with E-state index in [1.165, 1.54) is 5.41 Å². The van der Waals surface area contributed by atoms with Crippen LogP contribution in [0, 0.1) is 0 Å². The van der Waals surface area contributed by atoms with Crippen LogP contribution in [0.5, 0.6) is 0 Å². The van der Waals surface area contributed by atoms with E-state index in [0.29, 0.717) is 16.7 Å². The van der Waals surface area contributed by atoms with Gasteiger partial charge in [0, 0.05) is 57.5 Å². The molecule has 0 aliphatic carbocycles. The van der Waals surface area contributed by atoms with Crippen molar-refractivity contribution in [3.8, 4) is 0 Å². The van der Waals surface area contributed by atoms with Gasteiger partial charge in [-0.3, -0.25) is 9.97 Å². The average Bonchev–Trinajstić information content (AvgIpc) is 3.35. The Hall–Kier alpha value is -3.62. The third-order valence-electron chi connectivity index (χ3n) is 5.29. The number of thiazole rings is 1. The third kappa shape index (κ3) is 2.99. The van der Waals surface area contributed by atoms with E-state index in [1.54, 1.807) is 42.1 Å². The number of aromatic nitrogens is 3. The highest BCUT2D eigenvalue weighted by molar-refractivity contribution is 7.95. The van der Waals surface area contributed by atoms with Crippen molar-refractivity contribution < 1.29 is 8.42 Å². The summed E-state index contributed by atoms with van der Waals surface area (Å²) in [5.41, 5.74) is 7.16. The highest BCUT2D eigenvalue weighted by Gasteiger charge is 2.29. The van der Waals surface area contributed by atoms with Gasteiger partial charge in [0.25, 0.3) is 0 Å². The van der Waals surface area contributed by atoms with Gasteiger partial charge in [-0.2, -0.15) is 0 Å². The number of benzene rings is 2. The largest absolute Gasteiger partial charge is 0.355 e. The molecule has 0 saturated heterocycles. The van der Waals surface area contributed by atoms with E-state index in [4.69, 9.17) is 0 Å². The van der Waals surface area contributed by atoms with Crippen LogP contribution < -0.4 is 5.32 Å². The number of nitrogens with one attached hydrogen (secondary N) is 1. The number of anilines is 2. The van der Waals surface area contributed by atoms with Crippen molar-refractivity contribution in [2.45, 2.75) is 4.90 Å². The smallest absolute Gasteiger partial charge is 0.201 e. The second-order valence-electron chi connectivity index (χ2n) is 7.20. The maximum absolute atomic E-state index is 12.9. The van der Waals surface area contributed by atoms with Crippen LogP contribution >= 0.6 is 11.3 Å². The minimum atomic E-state index is -3.56. The van der Waals surface area contributed by atoms with Crippen LogP contribution in [0.25, 0.3) is 26.7 Å². The Bertz CT molecular complexity index is 1620. The molecule has 0 amide bonds. The van der Waals surface area contributed by atoms with Gasteiger partial charge >= 0.3 is 0 Å². The zero-order valence-electron chi connectivity index (χ0n) is 16.0. The Morgan fingerprint density at radius 1 is 0.935 bits per heavy atom. The fourth-order valence-electron chi connectivity index (χ4n) is 3.85. The molecule has 8 heteroatoms. The van der Waals surface area contributed by atoms with Crippen LogP contribution in [0.1, 0.15) is 11.1 Å². The summed E-state index contributed by atoms with van der Waals surface area (Å²) >= 11 is 1.59. The topological polar surface area (TPSA) is 84.8 Å². The van der Waals surface area contributed by atoms with Gasteiger partial charge < -0.3 is 5.32 Å². The molecule has 0 fully saturated rings. The molecule has 4 heterocycles. The van der Waals surface area contributed by atoms with Gasteiger partial charge in [-0.15, -0.1) is 11.3 Å². The molecule has 6 rings (SSSR count). The second kappa shape index (κ2) is 6.69. The number of rotatable bonds is 3. The highest BCUT2D eigenvalue weighted by atomic mass is 32.2. The normalized spacial score (nSPS) is 14.5. The molecule has 0 bridgehead atoms. The molecule has 3 aromatic heterocycles. The highest BCUT2D eigenvalue weighted by Crippen LogP contribution is 2.40. The van der Waals surface area contributed by atoms with Gasteiger partial charge in [-0.05, 0) is 42.5 Å². The first-order valence-electron chi connectivity index (χ1n) is 9.49. The predicted molar refractivity (Wildman–Crippen MR) is 123 cm³/mol. The van der Waals surface area contributed by atoms with Crippen molar-refractivity contribution in [3.63, 3.8) is 0 Å². The van der Waals surface area contributed by atoms with Crippen LogP contribution in [0.4, 0.5) is 11.4 Å². The lowest BCUT2D eigenvalue weighted by Gasteiger charge is -2.12. The van der Waals surface area contributed by atoms with Gasteiger partial charge in [0.2, 0.25) is 9.84 Å². The Kier molecular flexibility index (Phi) is 3.92.